The third-order valence-corrected chi connectivity index (χ3v) is 5.08. The van der Waals surface area contributed by atoms with Crippen molar-refractivity contribution in [2.45, 2.75) is 6.18 Å². The van der Waals surface area contributed by atoms with Crippen molar-refractivity contribution < 1.29 is 22.4 Å². The summed E-state index contributed by atoms with van der Waals surface area (Å²) < 4.78 is 44.3. The molecular weight excluding hydrogens is 414 g/mol. The van der Waals surface area contributed by atoms with E-state index in [0.717, 1.165) is 12.1 Å². The number of hydrogen-bond donors (Lipinski definition) is 1. The molecule has 142 valence electrons. The number of carbonyl (C=O) groups excluding carboxylic acids is 1. The van der Waals surface area contributed by atoms with Gasteiger partial charge in [0.15, 0.2) is 0 Å². The number of amides is 1. The van der Waals surface area contributed by atoms with E-state index in [4.69, 9.17) is 27.6 Å². The summed E-state index contributed by atoms with van der Waals surface area (Å²) in [6.45, 7) is 0. The molecule has 1 N–H and O–H groups in total. The zero-order valence-corrected chi connectivity index (χ0v) is 15.4. The fourth-order valence-corrected chi connectivity index (χ4v) is 3.32. The van der Waals surface area contributed by atoms with Crippen LogP contribution in [0.1, 0.15) is 16.9 Å². The molecule has 3 aromatic rings. The Balaban J connectivity index is 1.71. The second-order valence-electron chi connectivity index (χ2n) is 6.07. The first kappa shape index (κ1) is 18.7. The van der Waals surface area contributed by atoms with Gasteiger partial charge in [0.05, 0.1) is 21.2 Å². The van der Waals surface area contributed by atoms with Gasteiger partial charge in [-0.1, -0.05) is 35.3 Å². The highest BCUT2D eigenvalue weighted by Crippen LogP contribution is 2.39. The van der Waals surface area contributed by atoms with Crippen molar-refractivity contribution in [1.82, 2.24) is 0 Å². The SMILES string of the molecule is O=C1Nc2cc(C(F)(F)F)ccc2/C1=C\c1ccc(-c2cccc(Cl)c2Cl)o1. The van der Waals surface area contributed by atoms with Crippen LogP contribution in [0, 0.1) is 0 Å². The van der Waals surface area contributed by atoms with Crippen molar-refractivity contribution in [3.05, 3.63) is 75.5 Å². The predicted molar refractivity (Wildman–Crippen MR) is 102 cm³/mol. The van der Waals surface area contributed by atoms with E-state index < -0.39 is 17.6 Å². The summed E-state index contributed by atoms with van der Waals surface area (Å²) in [5.74, 6) is 0.294. The summed E-state index contributed by atoms with van der Waals surface area (Å²) in [6, 6.07) is 11.5. The Hall–Kier alpha value is -2.70. The molecule has 1 aliphatic heterocycles. The first-order valence-corrected chi connectivity index (χ1v) is 8.78. The van der Waals surface area contributed by atoms with E-state index in [1.54, 1.807) is 30.3 Å². The molecule has 2 aromatic carbocycles. The van der Waals surface area contributed by atoms with E-state index >= 15 is 0 Å². The lowest BCUT2D eigenvalue weighted by molar-refractivity contribution is -0.137. The van der Waals surface area contributed by atoms with Crippen LogP contribution in [-0.4, -0.2) is 5.91 Å². The fourth-order valence-electron chi connectivity index (χ4n) is 2.93. The summed E-state index contributed by atoms with van der Waals surface area (Å²) in [6.07, 6.45) is -3.02. The molecule has 8 heteroatoms. The molecule has 0 spiro atoms. The second kappa shape index (κ2) is 6.72. The smallest absolute Gasteiger partial charge is 0.416 e. The van der Waals surface area contributed by atoms with E-state index in [1.165, 1.54) is 12.1 Å². The van der Waals surface area contributed by atoms with E-state index in [9.17, 15) is 18.0 Å². The Kier molecular flexibility index (Phi) is 4.48. The van der Waals surface area contributed by atoms with Crippen molar-refractivity contribution in [3.8, 4) is 11.3 Å². The molecule has 0 atom stereocenters. The van der Waals surface area contributed by atoms with Gasteiger partial charge < -0.3 is 9.73 Å². The van der Waals surface area contributed by atoms with Crippen LogP contribution in [0.15, 0.2) is 52.9 Å². The summed E-state index contributed by atoms with van der Waals surface area (Å²) in [5, 5.41) is 3.16. The van der Waals surface area contributed by atoms with Crippen LogP contribution >= 0.6 is 23.2 Å². The molecule has 0 aliphatic carbocycles. The zero-order chi connectivity index (χ0) is 20.1. The van der Waals surface area contributed by atoms with Gasteiger partial charge in [-0.25, -0.2) is 0 Å². The number of halogens is 5. The number of alkyl halides is 3. The molecule has 1 aliphatic rings. The first-order chi connectivity index (χ1) is 13.2. The Bertz CT molecular complexity index is 1130. The van der Waals surface area contributed by atoms with Gasteiger partial charge in [0, 0.05) is 16.8 Å². The van der Waals surface area contributed by atoms with Gasteiger partial charge in [0.2, 0.25) is 0 Å². The van der Waals surface area contributed by atoms with E-state index in [1.807, 2.05) is 0 Å². The molecule has 0 fully saturated rings. The van der Waals surface area contributed by atoms with Crippen LogP contribution in [0.4, 0.5) is 18.9 Å². The number of fused-ring (bicyclic) bond motifs is 1. The minimum Gasteiger partial charge on any atom is -0.457 e. The second-order valence-corrected chi connectivity index (χ2v) is 6.86. The van der Waals surface area contributed by atoms with Crippen LogP contribution in [0.5, 0.6) is 0 Å². The van der Waals surface area contributed by atoms with Gasteiger partial charge >= 0.3 is 6.18 Å². The maximum atomic E-state index is 12.9. The number of benzene rings is 2. The van der Waals surface area contributed by atoms with Crippen molar-refractivity contribution in [3.63, 3.8) is 0 Å². The van der Waals surface area contributed by atoms with Gasteiger partial charge in [0.25, 0.3) is 5.91 Å². The van der Waals surface area contributed by atoms with Gasteiger partial charge in [-0.2, -0.15) is 13.2 Å². The molecule has 3 nitrogen and oxygen atoms in total. The molecule has 28 heavy (non-hydrogen) atoms. The average molecular weight is 424 g/mol. The number of anilines is 1. The Morgan fingerprint density at radius 1 is 1.00 bits per heavy atom. The van der Waals surface area contributed by atoms with Gasteiger partial charge in [0.1, 0.15) is 11.5 Å². The largest absolute Gasteiger partial charge is 0.457 e. The maximum absolute atomic E-state index is 12.9. The highest BCUT2D eigenvalue weighted by atomic mass is 35.5. The molecule has 0 bridgehead atoms. The molecule has 0 saturated heterocycles. The van der Waals surface area contributed by atoms with Crippen molar-refractivity contribution in [2.75, 3.05) is 5.32 Å². The number of hydrogen-bond acceptors (Lipinski definition) is 2. The molecule has 2 heterocycles. The lowest BCUT2D eigenvalue weighted by atomic mass is 10.0. The Morgan fingerprint density at radius 2 is 1.79 bits per heavy atom. The lowest BCUT2D eigenvalue weighted by Gasteiger charge is -2.07. The third kappa shape index (κ3) is 3.30. The minimum atomic E-state index is -4.49. The topological polar surface area (TPSA) is 42.2 Å². The number of rotatable bonds is 2. The molecule has 1 amide bonds. The number of nitrogens with one attached hydrogen (secondary N) is 1. The Labute approximate surface area is 167 Å². The molecule has 4 rings (SSSR count). The van der Waals surface area contributed by atoms with Crippen LogP contribution < -0.4 is 5.32 Å². The fraction of sp³-hybridized carbons (Fsp3) is 0.0500. The van der Waals surface area contributed by atoms with Gasteiger partial charge in [-0.3, -0.25) is 4.79 Å². The predicted octanol–water partition coefficient (Wildman–Crippen LogP) is 6.76. The van der Waals surface area contributed by atoms with E-state index in [0.29, 0.717) is 32.7 Å². The summed E-state index contributed by atoms with van der Waals surface area (Å²) in [7, 11) is 0. The minimum absolute atomic E-state index is 0.107. The first-order valence-electron chi connectivity index (χ1n) is 8.03. The van der Waals surface area contributed by atoms with Crippen LogP contribution in [0.25, 0.3) is 23.0 Å². The third-order valence-electron chi connectivity index (χ3n) is 4.26. The van der Waals surface area contributed by atoms with Gasteiger partial charge in [-0.05, 0) is 42.5 Å². The number of carbonyl (C=O) groups is 1. The monoisotopic (exact) mass is 423 g/mol. The van der Waals surface area contributed by atoms with Crippen LogP contribution in [0.2, 0.25) is 10.0 Å². The molecular formula is C20H10Cl2F3NO2. The van der Waals surface area contributed by atoms with Crippen molar-refractivity contribution >= 4 is 46.4 Å². The van der Waals surface area contributed by atoms with Crippen LogP contribution in [-0.2, 0) is 11.0 Å². The lowest BCUT2D eigenvalue weighted by Crippen LogP contribution is -2.06. The standard InChI is InChI=1S/C20H10Cl2F3NO2/c21-15-3-1-2-13(18(15)22)17-7-5-11(28-17)9-14-12-6-4-10(20(23,24)25)8-16(12)26-19(14)27/h1-9H,(H,26,27)/b14-9+. The summed E-state index contributed by atoms with van der Waals surface area (Å²) >= 11 is 12.2. The molecule has 0 unspecified atom stereocenters. The van der Waals surface area contributed by atoms with Gasteiger partial charge in [-0.15, -0.1) is 0 Å². The Morgan fingerprint density at radius 3 is 2.54 bits per heavy atom. The maximum Gasteiger partial charge on any atom is 0.416 e. The molecule has 1 aromatic heterocycles. The quantitative estimate of drug-likeness (QED) is 0.462. The highest BCUT2D eigenvalue weighted by Gasteiger charge is 2.33. The van der Waals surface area contributed by atoms with Crippen molar-refractivity contribution in [1.29, 1.82) is 0 Å². The van der Waals surface area contributed by atoms with E-state index in [2.05, 4.69) is 5.32 Å². The average Bonchev–Trinajstić information content (AvgIpc) is 3.21. The van der Waals surface area contributed by atoms with E-state index in [-0.39, 0.29) is 11.3 Å². The van der Waals surface area contributed by atoms with Crippen molar-refractivity contribution in [2.24, 2.45) is 0 Å². The molecule has 0 radical (unpaired) electrons. The summed E-state index contributed by atoms with van der Waals surface area (Å²) in [4.78, 5) is 12.2. The molecule has 0 saturated carbocycles. The zero-order valence-electron chi connectivity index (χ0n) is 13.9. The highest BCUT2D eigenvalue weighted by molar-refractivity contribution is 6.43. The number of furan rings is 1. The normalized spacial score (nSPS) is 15.0. The van der Waals surface area contributed by atoms with Crippen LogP contribution in [0.3, 0.4) is 0 Å². The summed E-state index contributed by atoms with van der Waals surface area (Å²) in [5.41, 5.74) is 0.447.